The highest BCUT2D eigenvalue weighted by atomic mass is 32.1. The zero-order valence-corrected chi connectivity index (χ0v) is 14.7. The molecule has 3 aromatic rings. The number of hydrogen-bond acceptors (Lipinski definition) is 4. The number of fused-ring (bicyclic) bond motifs is 2. The van der Waals surface area contributed by atoms with E-state index in [0.29, 0.717) is 13.0 Å². The second-order valence-electron chi connectivity index (χ2n) is 6.54. The summed E-state index contributed by atoms with van der Waals surface area (Å²) in [6.45, 7) is 2.60. The molecule has 1 aliphatic rings. The second-order valence-corrected chi connectivity index (χ2v) is 7.80. The van der Waals surface area contributed by atoms with Crippen LogP contribution in [0.4, 0.5) is 0 Å². The lowest BCUT2D eigenvalue weighted by atomic mass is 9.97. The number of thiophene rings is 1. The molecule has 2 N–H and O–H groups in total. The van der Waals surface area contributed by atoms with Gasteiger partial charge < -0.3 is 15.2 Å². The standard InChI is InChI=1S/C20H21NO2S/c1-13-10-14-7-5-9-17(18(14)24-13)23-19-16-8-4-3-6-15(16)11-20(19,22)12-21-2/h3-10,19,21-22H,11-12H2,1-2H3/t19-,20+/m0/s1. The molecule has 0 fully saturated rings. The maximum absolute atomic E-state index is 11.2. The van der Waals surface area contributed by atoms with E-state index in [1.54, 1.807) is 11.3 Å². The summed E-state index contributed by atoms with van der Waals surface area (Å²) in [4.78, 5) is 1.26. The summed E-state index contributed by atoms with van der Waals surface area (Å²) in [5.41, 5.74) is 1.31. The van der Waals surface area contributed by atoms with Gasteiger partial charge in [0.1, 0.15) is 11.4 Å². The molecule has 4 heteroatoms. The van der Waals surface area contributed by atoms with Crippen LogP contribution in [0.5, 0.6) is 5.75 Å². The Kier molecular flexibility index (Phi) is 3.83. The van der Waals surface area contributed by atoms with Gasteiger partial charge in [0.05, 0.1) is 4.70 Å². The monoisotopic (exact) mass is 339 g/mol. The number of hydrogen-bond donors (Lipinski definition) is 2. The van der Waals surface area contributed by atoms with Gasteiger partial charge in [-0.3, -0.25) is 0 Å². The van der Waals surface area contributed by atoms with Crippen LogP contribution in [0, 0.1) is 6.92 Å². The highest BCUT2D eigenvalue weighted by Gasteiger charge is 2.46. The normalized spacial score (nSPS) is 22.7. The van der Waals surface area contributed by atoms with Crippen molar-refractivity contribution >= 4 is 21.4 Å². The van der Waals surface area contributed by atoms with E-state index in [-0.39, 0.29) is 6.10 Å². The minimum Gasteiger partial charge on any atom is -0.481 e. The summed E-state index contributed by atoms with van der Waals surface area (Å²) in [5, 5.41) is 15.5. The Bertz CT molecular complexity index is 888. The molecule has 0 radical (unpaired) electrons. The first-order valence-corrected chi connectivity index (χ1v) is 9.03. The molecule has 1 aromatic heterocycles. The third-order valence-corrected chi connectivity index (χ3v) is 5.76. The summed E-state index contributed by atoms with van der Waals surface area (Å²) in [6.07, 6.45) is 0.239. The van der Waals surface area contributed by atoms with Gasteiger partial charge in [-0.05, 0) is 42.6 Å². The van der Waals surface area contributed by atoms with Crippen LogP contribution in [-0.2, 0) is 6.42 Å². The molecule has 0 saturated carbocycles. The Labute approximate surface area is 145 Å². The topological polar surface area (TPSA) is 41.5 Å². The van der Waals surface area contributed by atoms with Crippen LogP contribution in [0.3, 0.4) is 0 Å². The molecule has 0 amide bonds. The van der Waals surface area contributed by atoms with Crippen molar-refractivity contribution in [1.29, 1.82) is 0 Å². The molecule has 0 unspecified atom stereocenters. The molecule has 24 heavy (non-hydrogen) atoms. The van der Waals surface area contributed by atoms with Crippen molar-refractivity contribution in [3.8, 4) is 5.75 Å². The van der Waals surface area contributed by atoms with E-state index < -0.39 is 5.60 Å². The molecule has 0 aliphatic heterocycles. The van der Waals surface area contributed by atoms with Crippen LogP contribution >= 0.6 is 11.3 Å². The highest BCUT2D eigenvalue weighted by molar-refractivity contribution is 7.19. The Morgan fingerprint density at radius 2 is 2.08 bits per heavy atom. The first-order chi connectivity index (χ1) is 11.6. The number of rotatable bonds is 4. The summed E-state index contributed by atoms with van der Waals surface area (Å²) in [6, 6.07) is 16.5. The van der Waals surface area contributed by atoms with Crippen LogP contribution in [-0.4, -0.2) is 24.3 Å². The van der Waals surface area contributed by atoms with E-state index in [0.717, 1.165) is 21.6 Å². The quantitative estimate of drug-likeness (QED) is 0.759. The van der Waals surface area contributed by atoms with Crippen LogP contribution < -0.4 is 10.1 Å². The molecule has 1 aliphatic carbocycles. The molecule has 0 saturated heterocycles. The van der Waals surface area contributed by atoms with Gasteiger partial charge in [0.2, 0.25) is 0 Å². The molecular weight excluding hydrogens is 318 g/mol. The number of likely N-dealkylation sites (N-methyl/N-ethyl adjacent to an activating group) is 1. The maximum atomic E-state index is 11.2. The minimum absolute atomic E-state index is 0.367. The van der Waals surface area contributed by atoms with Crippen molar-refractivity contribution in [2.75, 3.05) is 13.6 Å². The van der Waals surface area contributed by atoms with Gasteiger partial charge in [0.15, 0.2) is 6.10 Å². The fourth-order valence-electron chi connectivity index (χ4n) is 3.68. The third-order valence-electron chi connectivity index (χ3n) is 4.68. The number of aryl methyl sites for hydroxylation is 1. The van der Waals surface area contributed by atoms with Crippen LogP contribution in [0.15, 0.2) is 48.5 Å². The molecule has 1 heterocycles. The van der Waals surface area contributed by atoms with Gasteiger partial charge in [0.25, 0.3) is 0 Å². The molecule has 0 spiro atoms. The first kappa shape index (κ1) is 15.6. The van der Waals surface area contributed by atoms with Crippen molar-refractivity contribution in [2.45, 2.75) is 25.0 Å². The van der Waals surface area contributed by atoms with Crippen LogP contribution in [0.2, 0.25) is 0 Å². The Morgan fingerprint density at radius 3 is 2.92 bits per heavy atom. The van der Waals surface area contributed by atoms with Crippen molar-refractivity contribution in [3.63, 3.8) is 0 Å². The molecule has 3 nitrogen and oxygen atoms in total. The largest absolute Gasteiger partial charge is 0.481 e. The second kappa shape index (κ2) is 5.88. The maximum Gasteiger partial charge on any atom is 0.154 e. The van der Waals surface area contributed by atoms with Crippen LogP contribution in [0.25, 0.3) is 10.1 Å². The van der Waals surface area contributed by atoms with Gasteiger partial charge >= 0.3 is 0 Å². The average Bonchev–Trinajstić information content (AvgIpc) is 3.06. The predicted octanol–water partition coefficient (Wildman–Crippen LogP) is 3.84. The summed E-state index contributed by atoms with van der Waals surface area (Å²) < 4.78 is 7.56. The molecular formula is C20H21NO2S. The molecule has 2 atom stereocenters. The Morgan fingerprint density at radius 1 is 1.25 bits per heavy atom. The minimum atomic E-state index is -0.938. The van der Waals surface area contributed by atoms with Gasteiger partial charge in [-0.15, -0.1) is 11.3 Å². The fourth-order valence-corrected chi connectivity index (χ4v) is 4.65. The van der Waals surface area contributed by atoms with E-state index in [4.69, 9.17) is 4.74 Å². The summed E-state index contributed by atoms with van der Waals surface area (Å²) in [7, 11) is 1.86. The van der Waals surface area contributed by atoms with Crippen molar-refractivity contribution in [2.24, 2.45) is 0 Å². The fraction of sp³-hybridized carbons (Fsp3) is 0.300. The lowest BCUT2D eigenvalue weighted by molar-refractivity contribution is -0.0478. The highest BCUT2D eigenvalue weighted by Crippen LogP contribution is 2.44. The Balaban J connectivity index is 1.78. The number of ether oxygens (including phenoxy) is 1. The third kappa shape index (κ3) is 2.51. The van der Waals surface area contributed by atoms with E-state index in [9.17, 15) is 5.11 Å². The van der Waals surface area contributed by atoms with Crippen molar-refractivity contribution in [1.82, 2.24) is 5.32 Å². The number of nitrogens with one attached hydrogen (secondary N) is 1. The van der Waals surface area contributed by atoms with Gasteiger partial charge in [-0.25, -0.2) is 0 Å². The van der Waals surface area contributed by atoms with Gasteiger partial charge in [-0.2, -0.15) is 0 Å². The number of benzene rings is 2. The zero-order chi connectivity index (χ0) is 16.7. The molecule has 4 rings (SSSR count). The first-order valence-electron chi connectivity index (χ1n) is 8.21. The lowest BCUT2D eigenvalue weighted by Crippen LogP contribution is -2.45. The van der Waals surface area contributed by atoms with Crippen molar-refractivity contribution in [3.05, 3.63) is 64.5 Å². The van der Waals surface area contributed by atoms with Gasteiger partial charge in [0, 0.05) is 17.8 Å². The molecule has 124 valence electrons. The zero-order valence-electron chi connectivity index (χ0n) is 13.9. The number of aliphatic hydroxyl groups is 1. The van der Waals surface area contributed by atoms with E-state index in [2.05, 4.69) is 36.5 Å². The van der Waals surface area contributed by atoms with Crippen molar-refractivity contribution < 1.29 is 9.84 Å². The van der Waals surface area contributed by atoms with E-state index >= 15 is 0 Å². The SMILES string of the molecule is CNC[C@]1(O)Cc2ccccc2[C@@H]1Oc1cccc2cc(C)sc12. The van der Waals surface area contributed by atoms with E-state index in [1.165, 1.54) is 10.3 Å². The molecule has 0 bridgehead atoms. The summed E-state index contributed by atoms with van der Waals surface area (Å²) >= 11 is 1.73. The van der Waals surface area contributed by atoms with Gasteiger partial charge in [-0.1, -0.05) is 36.4 Å². The van der Waals surface area contributed by atoms with Crippen LogP contribution in [0.1, 0.15) is 22.1 Å². The smallest absolute Gasteiger partial charge is 0.154 e. The predicted molar refractivity (Wildman–Crippen MR) is 99.0 cm³/mol. The lowest BCUT2D eigenvalue weighted by Gasteiger charge is -2.31. The summed E-state index contributed by atoms with van der Waals surface area (Å²) in [5.74, 6) is 0.849. The van der Waals surface area contributed by atoms with E-state index in [1.807, 2.05) is 31.3 Å². The average molecular weight is 339 g/mol. The Hall–Kier alpha value is -1.88. The molecule has 2 aromatic carbocycles.